The van der Waals surface area contributed by atoms with E-state index in [-0.39, 0.29) is 11.1 Å². The molecule has 0 saturated carbocycles. The van der Waals surface area contributed by atoms with E-state index in [0.717, 1.165) is 20.7 Å². The second-order valence-corrected chi connectivity index (χ2v) is 8.93. The monoisotopic (exact) mass is 456 g/mol. The molecule has 0 aliphatic heterocycles. The van der Waals surface area contributed by atoms with E-state index in [2.05, 4.69) is 0 Å². The van der Waals surface area contributed by atoms with Crippen LogP contribution in [0.25, 0.3) is 26.3 Å². The molecule has 0 aliphatic rings. The summed E-state index contributed by atoms with van der Waals surface area (Å²) < 4.78 is 16.8. The van der Waals surface area contributed by atoms with Crippen molar-refractivity contribution in [1.82, 2.24) is 9.55 Å². The summed E-state index contributed by atoms with van der Waals surface area (Å²) >= 11 is 1.52. The third-order valence-corrected chi connectivity index (χ3v) is 6.83. The van der Waals surface area contributed by atoms with Crippen LogP contribution in [0.1, 0.15) is 17.0 Å². The molecular formula is C27H21FN2O2S. The number of phenolic OH excluding ortho intramolecular Hbond substituents is 1. The highest BCUT2D eigenvalue weighted by atomic mass is 32.1. The van der Waals surface area contributed by atoms with E-state index >= 15 is 0 Å². The normalized spacial score (nSPS) is 11.2. The van der Waals surface area contributed by atoms with Crippen molar-refractivity contribution in [3.05, 3.63) is 112 Å². The number of hydrogen-bond donors (Lipinski definition) is 1. The Balaban J connectivity index is 1.70. The molecule has 164 valence electrons. The number of para-hydroxylation sites is 1. The zero-order valence-corrected chi connectivity index (χ0v) is 18.8. The zero-order valence-electron chi connectivity index (χ0n) is 18.0. The lowest BCUT2D eigenvalue weighted by atomic mass is 9.99. The summed E-state index contributed by atoms with van der Waals surface area (Å²) in [6, 6.07) is 24.1. The predicted molar refractivity (Wildman–Crippen MR) is 131 cm³/mol. The maximum absolute atomic E-state index is 14.2. The summed E-state index contributed by atoms with van der Waals surface area (Å²) in [5, 5.41) is 12.2. The Morgan fingerprint density at radius 2 is 1.73 bits per heavy atom. The number of aryl methyl sites for hydroxylation is 2. The van der Waals surface area contributed by atoms with Crippen LogP contribution in [-0.2, 0) is 12.8 Å². The van der Waals surface area contributed by atoms with Crippen LogP contribution in [0, 0.1) is 12.7 Å². The average molecular weight is 457 g/mol. The SMILES string of the molecule is Cc1nc(-c2cccc(F)c2O)c(CCc2ccccc2)c(=O)n1-c1cc2ccccc2s1. The number of benzene rings is 3. The van der Waals surface area contributed by atoms with Gasteiger partial charge in [-0.2, -0.15) is 0 Å². The maximum Gasteiger partial charge on any atom is 0.262 e. The van der Waals surface area contributed by atoms with E-state index in [4.69, 9.17) is 4.98 Å². The number of phenols is 1. The van der Waals surface area contributed by atoms with Crippen LogP contribution in [0.2, 0.25) is 0 Å². The van der Waals surface area contributed by atoms with Crippen molar-refractivity contribution < 1.29 is 9.50 Å². The molecule has 0 bridgehead atoms. The van der Waals surface area contributed by atoms with Crippen LogP contribution in [-0.4, -0.2) is 14.7 Å². The number of thiophene rings is 1. The predicted octanol–water partition coefficient (Wildman–Crippen LogP) is 6.05. The first kappa shape index (κ1) is 21.1. The van der Waals surface area contributed by atoms with Gasteiger partial charge in [0.2, 0.25) is 0 Å². The van der Waals surface area contributed by atoms with Crippen LogP contribution in [0.3, 0.4) is 0 Å². The van der Waals surface area contributed by atoms with Gasteiger partial charge in [-0.25, -0.2) is 9.37 Å². The van der Waals surface area contributed by atoms with Crippen LogP contribution in [0.15, 0.2) is 83.7 Å². The van der Waals surface area contributed by atoms with E-state index in [0.29, 0.717) is 29.9 Å². The summed E-state index contributed by atoms with van der Waals surface area (Å²) in [6.07, 6.45) is 1.03. The Bertz CT molecular complexity index is 1490. The topological polar surface area (TPSA) is 55.1 Å². The number of hydrogen-bond acceptors (Lipinski definition) is 4. The maximum atomic E-state index is 14.2. The van der Waals surface area contributed by atoms with E-state index in [1.807, 2.05) is 60.7 Å². The van der Waals surface area contributed by atoms with Gasteiger partial charge in [-0.15, -0.1) is 11.3 Å². The quantitative estimate of drug-likeness (QED) is 0.350. The zero-order chi connectivity index (χ0) is 22.9. The van der Waals surface area contributed by atoms with Gasteiger partial charge in [0.15, 0.2) is 11.6 Å². The lowest BCUT2D eigenvalue weighted by Gasteiger charge is -2.15. The highest BCUT2D eigenvalue weighted by Gasteiger charge is 2.21. The molecule has 4 nitrogen and oxygen atoms in total. The van der Waals surface area contributed by atoms with Gasteiger partial charge in [-0.3, -0.25) is 9.36 Å². The third kappa shape index (κ3) is 3.94. The van der Waals surface area contributed by atoms with Crippen molar-refractivity contribution >= 4 is 21.4 Å². The van der Waals surface area contributed by atoms with E-state index in [9.17, 15) is 14.3 Å². The molecule has 0 aliphatic carbocycles. The summed E-state index contributed by atoms with van der Waals surface area (Å²) in [7, 11) is 0. The molecule has 2 aromatic heterocycles. The third-order valence-electron chi connectivity index (χ3n) is 5.73. The molecule has 0 atom stereocenters. The van der Waals surface area contributed by atoms with Gasteiger partial charge in [-0.05, 0) is 55.0 Å². The second-order valence-electron chi connectivity index (χ2n) is 7.87. The Morgan fingerprint density at radius 1 is 0.970 bits per heavy atom. The molecule has 0 amide bonds. The minimum atomic E-state index is -0.741. The average Bonchev–Trinajstić information content (AvgIpc) is 3.24. The Labute approximate surface area is 194 Å². The van der Waals surface area contributed by atoms with Crippen LogP contribution in [0.4, 0.5) is 4.39 Å². The lowest BCUT2D eigenvalue weighted by molar-refractivity contribution is 0.434. The Morgan fingerprint density at radius 3 is 2.52 bits per heavy atom. The van der Waals surface area contributed by atoms with Gasteiger partial charge in [0.25, 0.3) is 5.56 Å². The summed E-state index contributed by atoms with van der Waals surface area (Å²) in [6.45, 7) is 1.76. The number of halogens is 1. The smallest absolute Gasteiger partial charge is 0.262 e. The number of rotatable bonds is 5. The first-order valence-corrected chi connectivity index (χ1v) is 11.5. The molecule has 0 fully saturated rings. The highest BCUT2D eigenvalue weighted by molar-refractivity contribution is 7.21. The molecule has 5 aromatic rings. The first-order chi connectivity index (χ1) is 16.0. The molecule has 2 heterocycles. The molecule has 0 radical (unpaired) electrons. The summed E-state index contributed by atoms with van der Waals surface area (Å²) in [5.74, 6) is -0.757. The standard InChI is InChI=1S/C27H21FN2O2S/c1-17-29-25(20-11-7-12-22(28)26(20)31)21(15-14-18-8-3-2-4-9-18)27(32)30(17)24-16-19-10-5-6-13-23(19)33-24/h2-13,16,31H,14-15H2,1H3. The Kier molecular flexibility index (Phi) is 5.52. The minimum Gasteiger partial charge on any atom is -0.504 e. The van der Waals surface area contributed by atoms with Crippen LogP contribution >= 0.6 is 11.3 Å². The summed E-state index contributed by atoms with van der Waals surface area (Å²) in [4.78, 5) is 18.5. The van der Waals surface area contributed by atoms with E-state index < -0.39 is 11.6 Å². The fourth-order valence-corrected chi connectivity index (χ4v) is 5.18. The molecule has 6 heteroatoms. The van der Waals surface area contributed by atoms with Crippen molar-refractivity contribution in [2.75, 3.05) is 0 Å². The minimum absolute atomic E-state index is 0.205. The Hall–Kier alpha value is -3.77. The van der Waals surface area contributed by atoms with Gasteiger partial charge < -0.3 is 5.11 Å². The van der Waals surface area contributed by atoms with E-state index in [1.54, 1.807) is 17.6 Å². The number of nitrogens with zero attached hydrogens (tertiary/aromatic N) is 2. The van der Waals surface area contributed by atoms with Gasteiger partial charge >= 0.3 is 0 Å². The van der Waals surface area contributed by atoms with Crippen molar-refractivity contribution in [3.63, 3.8) is 0 Å². The summed E-state index contributed by atoms with van der Waals surface area (Å²) in [5.41, 5.74) is 1.87. The first-order valence-electron chi connectivity index (χ1n) is 10.7. The molecule has 1 N–H and O–H groups in total. The molecule has 33 heavy (non-hydrogen) atoms. The molecule has 0 saturated heterocycles. The van der Waals surface area contributed by atoms with Gasteiger partial charge in [0.1, 0.15) is 10.8 Å². The highest BCUT2D eigenvalue weighted by Crippen LogP contribution is 2.33. The van der Waals surface area contributed by atoms with Gasteiger partial charge in [-0.1, -0.05) is 54.6 Å². The fraction of sp³-hybridized carbons (Fsp3) is 0.111. The van der Waals surface area contributed by atoms with Crippen molar-refractivity contribution in [2.24, 2.45) is 0 Å². The second kappa shape index (κ2) is 8.64. The number of aromatic nitrogens is 2. The number of fused-ring (bicyclic) bond motifs is 1. The van der Waals surface area contributed by atoms with Crippen molar-refractivity contribution in [3.8, 4) is 22.0 Å². The molecule has 3 aromatic carbocycles. The lowest BCUT2D eigenvalue weighted by Crippen LogP contribution is -2.26. The molecule has 5 rings (SSSR count). The number of aromatic hydroxyl groups is 1. The molecular weight excluding hydrogens is 435 g/mol. The molecule has 0 unspecified atom stereocenters. The van der Waals surface area contributed by atoms with Crippen LogP contribution in [0.5, 0.6) is 5.75 Å². The largest absolute Gasteiger partial charge is 0.504 e. The van der Waals surface area contributed by atoms with Gasteiger partial charge in [0.05, 0.1) is 5.69 Å². The molecule has 0 spiro atoms. The fourth-order valence-electron chi connectivity index (χ4n) is 4.07. The van der Waals surface area contributed by atoms with Crippen molar-refractivity contribution in [2.45, 2.75) is 19.8 Å². The van der Waals surface area contributed by atoms with Crippen molar-refractivity contribution in [1.29, 1.82) is 0 Å². The van der Waals surface area contributed by atoms with Gasteiger partial charge in [0, 0.05) is 15.8 Å². The van der Waals surface area contributed by atoms with Crippen LogP contribution < -0.4 is 5.56 Å². The van der Waals surface area contributed by atoms with E-state index in [1.165, 1.54) is 23.5 Å².